The molecule has 4 heteroatoms. The van der Waals surface area contributed by atoms with E-state index in [4.69, 9.17) is 0 Å². The lowest BCUT2D eigenvalue weighted by molar-refractivity contribution is -0.123. The Morgan fingerprint density at radius 1 is 1.20 bits per heavy atom. The first-order chi connectivity index (χ1) is 12.1. The van der Waals surface area contributed by atoms with Crippen LogP contribution in [0.3, 0.4) is 0 Å². The van der Waals surface area contributed by atoms with E-state index in [0.717, 1.165) is 37.2 Å². The average Bonchev–Trinajstić information content (AvgIpc) is 2.63. The highest BCUT2D eigenvalue weighted by atomic mass is 16.2. The number of amides is 1. The number of carbonyl (C=O) groups is 1. The Bertz CT molecular complexity index is 676. The van der Waals surface area contributed by atoms with Gasteiger partial charge in [0.05, 0.1) is 12.6 Å². The lowest BCUT2D eigenvalue weighted by Gasteiger charge is -2.32. The van der Waals surface area contributed by atoms with Crippen LogP contribution in [-0.4, -0.2) is 35.4 Å². The number of benzene rings is 1. The minimum absolute atomic E-state index is 0.0116. The fourth-order valence-corrected chi connectivity index (χ4v) is 3.46. The molecule has 2 heterocycles. The largest absolute Gasteiger partial charge is 0.348 e. The van der Waals surface area contributed by atoms with Gasteiger partial charge in [0.2, 0.25) is 5.91 Å². The lowest BCUT2D eigenvalue weighted by Crippen LogP contribution is -2.41. The third kappa shape index (κ3) is 4.89. The van der Waals surface area contributed by atoms with Gasteiger partial charge in [-0.3, -0.25) is 14.7 Å². The van der Waals surface area contributed by atoms with Crippen molar-refractivity contribution in [3.8, 4) is 0 Å². The summed E-state index contributed by atoms with van der Waals surface area (Å²) in [6.07, 6.45) is 4.08. The molecule has 1 aromatic carbocycles. The second-order valence-corrected chi connectivity index (χ2v) is 6.98. The molecule has 1 atom stereocenters. The molecule has 25 heavy (non-hydrogen) atoms. The van der Waals surface area contributed by atoms with Gasteiger partial charge in [0.1, 0.15) is 0 Å². The Morgan fingerprint density at radius 2 is 1.92 bits per heavy atom. The number of rotatable bonds is 5. The van der Waals surface area contributed by atoms with Gasteiger partial charge in [-0.1, -0.05) is 36.4 Å². The molecule has 1 aliphatic rings. The number of hydrogen-bond acceptors (Lipinski definition) is 3. The van der Waals surface area contributed by atoms with E-state index in [-0.39, 0.29) is 11.9 Å². The number of aryl methyl sites for hydroxylation is 1. The highest BCUT2D eigenvalue weighted by Gasteiger charge is 2.22. The van der Waals surface area contributed by atoms with Gasteiger partial charge in [-0.2, -0.15) is 0 Å². The van der Waals surface area contributed by atoms with Crippen LogP contribution in [0.1, 0.15) is 48.5 Å². The molecule has 0 radical (unpaired) electrons. The van der Waals surface area contributed by atoms with E-state index in [9.17, 15) is 4.79 Å². The van der Waals surface area contributed by atoms with Gasteiger partial charge < -0.3 is 5.32 Å². The maximum Gasteiger partial charge on any atom is 0.234 e. The third-order valence-electron chi connectivity index (χ3n) is 5.04. The summed E-state index contributed by atoms with van der Waals surface area (Å²) >= 11 is 0. The summed E-state index contributed by atoms with van der Waals surface area (Å²) in [6, 6.07) is 14.7. The maximum absolute atomic E-state index is 12.3. The van der Waals surface area contributed by atoms with E-state index < -0.39 is 0 Å². The minimum atomic E-state index is -0.0116. The van der Waals surface area contributed by atoms with Crippen LogP contribution in [0.4, 0.5) is 0 Å². The number of hydrogen-bond donors (Lipinski definition) is 1. The fraction of sp³-hybridized carbons (Fsp3) is 0.429. The molecule has 1 N–H and O–H groups in total. The summed E-state index contributed by atoms with van der Waals surface area (Å²) in [7, 11) is 0. The summed E-state index contributed by atoms with van der Waals surface area (Å²) in [4.78, 5) is 18.9. The molecule has 1 aliphatic heterocycles. The highest BCUT2D eigenvalue weighted by molar-refractivity contribution is 5.78. The molecule has 1 unspecified atom stereocenters. The molecular formula is C21H27N3O. The quantitative estimate of drug-likeness (QED) is 0.909. The van der Waals surface area contributed by atoms with E-state index >= 15 is 0 Å². The second-order valence-electron chi connectivity index (χ2n) is 6.98. The number of pyridine rings is 1. The van der Waals surface area contributed by atoms with Crippen molar-refractivity contribution in [2.24, 2.45) is 0 Å². The molecule has 2 aromatic rings. The Hall–Kier alpha value is -2.20. The number of nitrogens with zero attached hydrogens (tertiary/aromatic N) is 2. The van der Waals surface area contributed by atoms with Crippen LogP contribution >= 0.6 is 0 Å². The van der Waals surface area contributed by atoms with Crippen LogP contribution in [0.15, 0.2) is 48.7 Å². The maximum atomic E-state index is 12.3. The van der Waals surface area contributed by atoms with E-state index in [1.54, 1.807) is 0 Å². The minimum Gasteiger partial charge on any atom is -0.348 e. The summed E-state index contributed by atoms with van der Waals surface area (Å²) in [5, 5.41) is 3.09. The van der Waals surface area contributed by atoms with Gasteiger partial charge in [0.15, 0.2) is 0 Å². The molecule has 4 nitrogen and oxygen atoms in total. The molecular weight excluding hydrogens is 310 g/mol. The van der Waals surface area contributed by atoms with Crippen LogP contribution in [0, 0.1) is 6.92 Å². The third-order valence-corrected chi connectivity index (χ3v) is 5.04. The predicted molar refractivity (Wildman–Crippen MR) is 100 cm³/mol. The van der Waals surface area contributed by atoms with Crippen molar-refractivity contribution in [2.75, 3.05) is 19.6 Å². The Labute approximate surface area is 150 Å². The molecule has 0 spiro atoms. The molecule has 1 saturated heterocycles. The Balaban J connectivity index is 1.45. The van der Waals surface area contributed by atoms with E-state index in [1.165, 1.54) is 5.56 Å². The fourth-order valence-electron chi connectivity index (χ4n) is 3.46. The molecule has 3 rings (SSSR count). The van der Waals surface area contributed by atoms with Crippen LogP contribution in [0.2, 0.25) is 0 Å². The topological polar surface area (TPSA) is 45.2 Å². The predicted octanol–water partition coefficient (Wildman–Crippen LogP) is 3.45. The zero-order valence-electron chi connectivity index (χ0n) is 15.1. The number of aromatic nitrogens is 1. The van der Waals surface area contributed by atoms with Crippen LogP contribution in [0.5, 0.6) is 0 Å². The van der Waals surface area contributed by atoms with E-state index in [0.29, 0.717) is 12.5 Å². The van der Waals surface area contributed by atoms with Crippen molar-refractivity contribution in [1.82, 2.24) is 15.2 Å². The summed E-state index contributed by atoms with van der Waals surface area (Å²) < 4.78 is 0. The lowest BCUT2D eigenvalue weighted by atomic mass is 9.89. The van der Waals surface area contributed by atoms with Crippen molar-refractivity contribution in [2.45, 2.75) is 38.6 Å². The number of piperidine rings is 1. The van der Waals surface area contributed by atoms with Crippen LogP contribution in [-0.2, 0) is 4.79 Å². The number of nitrogens with one attached hydrogen (secondary N) is 1. The van der Waals surface area contributed by atoms with Gasteiger partial charge in [0, 0.05) is 11.9 Å². The number of carbonyl (C=O) groups excluding carboxylic acids is 1. The average molecular weight is 337 g/mol. The van der Waals surface area contributed by atoms with Crippen molar-refractivity contribution < 1.29 is 4.79 Å². The van der Waals surface area contributed by atoms with Crippen LogP contribution < -0.4 is 5.32 Å². The molecule has 0 aliphatic carbocycles. The number of likely N-dealkylation sites (tertiary alicyclic amines) is 1. The highest BCUT2D eigenvalue weighted by Crippen LogP contribution is 2.27. The van der Waals surface area contributed by atoms with E-state index in [2.05, 4.69) is 45.5 Å². The zero-order valence-corrected chi connectivity index (χ0v) is 15.1. The monoisotopic (exact) mass is 337 g/mol. The van der Waals surface area contributed by atoms with Crippen molar-refractivity contribution >= 4 is 5.91 Å². The van der Waals surface area contributed by atoms with Gasteiger partial charge in [-0.05, 0) is 62.9 Å². The van der Waals surface area contributed by atoms with Crippen LogP contribution in [0.25, 0.3) is 0 Å². The van der Waals surface area contributed by atoms with Crippen molar-refractivity contribution in [3.05, 3.63) is 65.5 Å². The zero-order chi connectivity index (χ0) is 17.6. The Morgan fingerprint density at radius 3 is 2.56 bits per heavy atom. The molecule has 1 fully saturated rings. The normalized spacial score (nSPS) is 17.2. The van der Waals surface area contributed by atoms with Crippen molar-refractivity contribution in [1.29, 1.82) is 0 Å². The summed E-state index contributed by atoms with van der Waals surface area (Å²) in [5.41, 5.74) is 3.46. The smallest absolute Gasteiger partial charge is 0.234 e. The van der Waals surface area contributed by atoms with Crippen molar-refractivity contribution in [3.63, 3.8) is 0 Å². The standard InChI is InChI=1S/C21H27N3O/c1-16-8-9-20(14-22-16)17(2)23-21(25)15-24-12-10-19(11-13-24)18-6-4-3-5-7-18/h3-9,14,17,19H,10-13,15H2,1-2H3,(H,23,25). The van der Waals surface area contributed by atoms with E-state index in [1.807, 2.05) is 32.2 Å². The molecule has 1 aromatic heterocycles. The van der Waals surface area contributed by atoms with Gasteiger partial charge in [0.25, 0.3) is 0 Å². The first kappa shape index (κ1) is 17.6. The second kappa shape index (κ2) is 8.26. The first-order valence-corrected chi connectivity index (χ1v) is 9.11. The summed E-state index contributed by atoms with van der Waals surface area (Å²) in [5.74, 6) is 0.712. The molecule has 1 amide bonds. The first-order valence-electron chi connectivity index (χ1n) is 9.11. The molecule has 132 valence electrons. The molecule has 0 saturated carbocycles. The van der Waals surface area contributed by atoms with Gasteiger partial charge in [-0.15, -0.1) is 0 Å². The van der Waals surface area contributed by atoms with Gasteiger partial charge >= 0.3 is 0 Å². The SMILES string of the molecule is Cc1ccc(C(C)NC(=O)CN2CCC(c3ccccc3)CC2)cn1. The Kier molecular flexibility index (Phi) is 5.82. The summed E-state index contributed by atoms with van der Waals surface area (Å²) in [6.45, 7) is 6.41. The van der Waals surface area contributed by atoms with Gasteiger partial charge in [-0.25, -0.2) is 0 Å². The molecule has 0 bridgehead atoms.